The van der Waals surface area contributed by atoms with Crippen LogP contribution in [-0.2, 0) is 16.4 Å². The zero-order chi connectivity index (χ0) is 25.9. The number of rotatable bonds is 9. The maximum absolute atomic E-state index is 12.1. The second-order valence-electron chi connectivity index (χ2n) is 8.52. The second kappa shape index (κ2) is 10.8. The third-order valence-corrected chi connectivity index (χ3v) is 8.73. The molecule has 0 radical (unpaired) electrons. The van der Waals surface area contributed by atoms with Gasteiger partial charge in [-0.25, -0.2) is 18.2 Å². The van der Waals surface area contributed by atoms with Crippen molar-refractivity contribution in [1.29, 1.82) is 0 Å². The number of carbonyl (C=O) groups is 1. The Labute approximate surface area is 213 Å². The molecule has 0 aliphatic carbocycles. The molecule has 0 spiro atoms. The van der Waals surface area contributed by atoms with Crippen molar-refractivity contribution in [1.82, 2.24) is 15.0 Å². The number of nitrogens with one attached hydrogen (secondary N) is 2. The number of carboxylic acid groups (broad SMARTS) is 1. The number of thiazole rings is 1. The lowest BCUT2D eigenvalue weighted by atomic mass is 10.1. The van der Waals surface area contributed by atoms with E-state index >= 15 is 0 Å². The van der Waals surface area contributed by atoms with E-state index in [0.29, 0.717) is 34.0 Å². The molecule has 11 nitrogen and oxygen atoms in total. The summed E-state index contributed by atoms with van der Waals surface area (Å²) in [6, 6.07) is 8.79. The van der Waals surface area contributed by atoms with Crippen LogP contribution < -0.4 is 21.3 Å². The first-order valence-corrected chi connectivity index (χ1v) is 14.0. The van der Waals surface area contributed by atoms with Crippen molar-refractivity contribution in [2.45, 2.75) is 44.2 Å². The van der Waals surface area contributed by atoms with Crippen molar-refractivity contribution >= 4 is 49.9 Å². The summed E-state index contributed by atoms with van der Waals surface area (Å²) < 4.78 is 24.1. The van der Waals surface area contributed by atoms with Crippen LogP contribution >= 0.6 is 11.3 Å². The molecule has 0 saturated carbocycles. The monoisotopic (exact) mass is 531 g/mol. The molecule has 1 fully saturated rings. The van der Waals surface area contributed by atoms with E-state index in [-0.39, 0.29) is 16.7 Å². The maximum atomic E-state index is 12.1. The van der Waals surface area contributed by atoms with Crippen LogP contribution in [0.5, 0.6) is 0 Å². The summed E-state index contributed by atoms with van der Waals surface area (Å²) in [5.74, 6) is 0.600. The SMILES string of the molecule is CCS(=O)(=O)c1ccc(CNc2cc(N3CCC(N)CC3)nc(Nc3nc(C)c(C(=O)O)s3)n2)cc1. The predicted molar refractivity (Wildman–Crippen MR) is 140 cm³/mol. The van der Waals surface area contributed by atoms with Crippen LogP contribution in [0.3, 0.4) is 0 Å². The number of aromatic carboxylic acids is 1. The number of anilines is 4. The van der Waals surface area contributed by atoms with Gasteiger partial charge in [0.25, 0.3) is 0 Å². The minimum absolute atomic E-state index is 0.0536. The van der Waals surface area contributed by atoms with E-state index in [1.165, 1.54) is 0 Å². The molecule has 192 valence electrons. The van der Waals surface area contributed by atoms with Crippen molar-refractivity contribution in [2.24, 2.45) is 5.73 Å². The number of hydrogen-bond acceptors (Lipinski definition) is 11. The van der Waals surface area contributed by atoms with Gasteiger partial charge in [-0.3, -0.25) is 5.32 Å². The number of hydrogen-bond donors (Lipinski definition) is 4. The lowest BCUT2D eigenvalue weighted by molar-refractivity contribution is 0.0701. The highest BCUT2D eigenvalue weighted by Gasteiger charge is 2.20. The molecular formula is C23H29N7O4S2. The first kappa shape index (κ1) is 25.8. The normalized spacial score (nSPS) is 14.6. The summed E-state index contributed by atoms with van der Waals surface area (Å²) in [5, 5.41) is 16.0. The Kier molecular flexibility index (Phi) is 7.71. The van der Waals surface area contributed by atoms with Gasteiger partial charge in [0.15, 0.2) is 15.0 Å². The quantitative estimate of drug-likeness (QED) is 0.321. The standard InChI is InChI=1S/C23H29N7O4S2/c1-3-36(33,34)17-6-4-15(5-7-17)13-25-18-12-19(30-10-8-16(24)9-11-30)28-22(27-18)29-23-26-14(2)20(35-23)21(31)32/h4-7,12,16H,3,8-11,13,24H2,1-2H3,(H,31,32)(H2,25,26,27,28,29). The molecule has 0 amide bonds. The molecular weight excluding hydrogens is 502 g/mol. The molecule has 3 heterocycles. The third kappa shape index (κ3) is 6.09. The van der Waals surface area contributed by atoms with Crippen molar-refractivity contribution in [2.75, 3.05) is 34.4 Å². The number of sulfone groups is 1. The van der Waals surface area contributed by atoms with Gasteiger partial charge >= 0.3 is 5.97 Å². The van der Waals surface area contributed by atoms with Crippen molar-refractivity contribution in [3.8, 4) is 0 Å². The molecule has 1 aromatic carbocycles. The van der Waals surface area contributed by atoms with Gasteiger partial charge in [-0.05, 0) is 37.5 Å². The van der Waals surface area contributed by atoms with Crippen LogP contribution in [0.25, 0.3) is 0 Å². The Balaban J connectivity index is 1.56. The number of nitrogens with zero attached hydrogens (tertiary/aromatic N) is 4. The molecule has 0 unspecified atom stereocenters. The number of aromatic nitrogens is 3. The van der Waals surface area contributed by atoms with Crippen molar-refractivity contribution in [3.63, 3.8) is 0 Å². The fourth-order valence-corrected chi connectivity index (χ4v) is 5.47. The second-order valence-corrected chi connectivity index (χ2v) is 11.8. The molecule has 13 heteroatoms. The molecule has 0 bridgehead atoms. The number of piperidine rings is 1. The van der Waals surface area contributed by atoms with Gasteiger partial charge in [0.1, 0.15) is 16.5 Å². The van der Waals surface area contributed by atoms with E-state index in [1.807, 2.05) is 6.07 Å². The highest BCUT2D eigenvalue weighted by molar-refractivity contribution is 7.91. The summed E-state index contributed by atoms with van der Waals surface area (Å²) in [5.41, 5.74) is 7.37. The fraction of sp³-hybridized carbons (Fsp3) is 0.391. The topological polar surface area (TPSA) is 163 Å². The highest BCUT2D eigenvalue weighted by Crippen LogP contribution is 2.27. The summed E-state index contributed by atoms with van der Waals surface area (Å²) in [6.45, 7) is 5.22. The zero-order valence-electron chi connectivity index (χ0n) is 20.1. The van der Waals surface area contributed by atoms with Gasteiger partial charge < -0.3 is 21.1 Å². The Morgan fingerprint density at radius 2 is 1.89 bits per heavy atom. The van der Waals surface area contributed by atoms with E-state index < -0.39 is 15.8 Å². The first-order valence-electron chi connectivity index (χ1n) is 11.6. The Bertz CT molecular complexity index is 1330. The van der Waals surface area contributed by atoms with Crippen LogP contribution in [0.2, 0.25) is 0 Å². The van der Waals surface area contributed by atoms with Crippen LogP contribution in [0.15, 0.2) is 35.2 Å². The average Bonchev–Trinajstić information content (AvgIpc) is 3.23. The predicted octanol–water partition coefficient (Wildman–Crippen LogP) is 3.02. The molecule has 1 saturated heterocycles. The molecule has 1 aliphatic rings. The number of aryl methyl sites for hydroxylation is 1. The van der Waals surface area contributed by atoms with E-state index in [4.69, 9.17) is 5.73 Å². The van der Waals surface area contributed by atoms with Gasteiger partial charge in [0, 0.05) is 31.7 Å². The molecule has 4 rings (SSSR count). The van der Waals surface area contributed by atoms with Crippen LogP contribution in [0, 0.1) is 6.92 Å². The minimum atomic E-state index is -3.25. The summed E-state index contributed by atoms with van der Waals surface area (Å²) in [4.78, 5) is 27.5. The van der Waals surface area contributed by atoms with Gasteiger partial charge in [-0.15, -0.1) is 0 Å². The largest absolute Gasteiger partial charge is 0.477 e. The summed E-state index contributed by atoms with van der Waals surface area (Å²) in [6.07, 6.45) is 1.71. The summed E-state index contributed by atoms with van der Waals surface area (Å²) >= 11 is 1.02. The maximum Gasteiger partial charge on any atom is 0.347 e. The van der Waals surface area contributed by atoms with Crippen LogP contribution in [-0.4, -0.2) is 59.3 Å². The zero-order valence-corrected chi connectivity index (χ0v) is 21.7. The van der Waals surface area contributed by atoms with Crippen LogP contribution in [0.1, 0.15) is 40.7 Å². The number of benzene rings is 1. The average molecular weight is 532 g/mol. The third-order valence-electron chi connectivity index (χ3n) is 5.92. The van der Waals surface area contributed by atoms with Crippen LogP contribution in [0.4, 0.5) is 22.7 Å². The number of nitrogens with two attached hydrogens (primary N) is 1. The molecule has 36 heavy (non-hydrogen) atoms. The van der Waals surface area contributed by atoms with Gasteiger partial charge in [-0.1, -0.05) is 30.4 Å². The lowest BCUT2D eigenvalue weighted by Gasteiger charge is -2.31. The Morgan fingerprint density at radius 3 is 2.50 bits per heavy atom. The molecule has 3 aromatic rings. The van der Waals surface area contributed by atoms with E-state index in [1.54, 1.807) is 38.1 Å². The molecule has 1 aliphatic heterocycles. The van der Waals surface area contributed by atoms with E-state index in [9.17, 15) is 18.3 Å². The molecule has 0 atom stereocenters. The van der Waals surface area contributed by atoms with Gasteiger partial charge in [0.2, 0.25) is 5.95 Å². The van der Waals surface area contributed by atoms with Gasteiger partial charge in [0.05, 0.1) is 16.3 Å². The Morgan fingerprint density at radius 1 is 1.19 bits per heavy atom. The minimum Gasteiger partial charge on any atom is -0.477 e. The lowest BCUT2D eigenvalue weighted by Crippen LogP contribution is -2.40. The number of carboxylic acids is 1. The molecule has 5 N–H and O–H groups in total. The molecule has 2 aromatic heterocycles. The summed E-state index contributed by atoms with van der Waals surface area (Å²) in [7, 11) is -3.25. The van der Waals surface area contributed by atoms with E-state index in [2.05, 4.69) is 30.5 Å². The highest BCUT2D eigenvalue weighted by atomic mass is 32.2. The van der Waals surface area contributed by atoms with Crippen molar-refractivity contribution in [3.05, 3.63) is 46.5 Å². The van der Waals surface area contributed by atoms with Gasteiger partial charge in [-0.2, -0.15) is 9.97 Å². The van der Waals surface area contributed by atoms with E-state index in [0.717, 1.165) is 48.6 Å². The first-order chi connectivity index (χ1) is 17.1. The smallest absolute Gasteiger partial charge is 0.347 e. The van der Waals surface area contributed by atoms with Crippen molar-refractivity contribution < 1.29 is 18.3 Å². The fourth-order valence-electron chi connectivity index (χ4n) is 3.79. The Hall–Kier alpha value is -3.29.